The number of methoxy groups -OCH3 is 2. The van der Waals surface area contributed by atoms with Gasteiger partial charge < -0.3 is 14.0 Å². The maximum Gasteiger partial charge on any atom is 0.252 e. The standard InChI is InChI=1S/C19H19FN2O3S/c1-4-22-14-7-6-13(20)11-17(14)26-19(22)21-18(23)10-12-5-8-15(24-2)16(9-12)25-3/h5-9,11H,4,10H2,1-3H3. The molecule has 3 aromatic rings. The monoisotopic (exact) mass is 374 g/mol. The quantitative estimate of drug-likeness (QED) is 0.686. The van der Waals surface area contributed by atoms with Gasteiger partial charge in [0.25, 0.3) is 5.91 Å². The third kappa shape index (κ3) is 3.62. The van der Waals surface area contributed by atoms with E-state index in [4.69, 9.17) is 9.47 Å². The van der Waals surface area contributed by atoms with Crippen molar-refractivity contribution in [3.05, 3.63) is 52.6 Å². The molecule has 0 bridgehead atoms. The lowest BCUT2D eigenvalue weighted by Crippen LogP contribution is -2.16. The van der Waals surface area contributed by atoms with Gasteiger partial charge in [0.05, 0.1) is 30.9 Å². The van der Waals surface area contributed by atoms with E-state index in [9.17, 15) is 9.18 Å². The highest BCUT2D eigenvalue weighted by atomic mass is 32.1. The Morgan fingerprint density at radius 2 is 1.92 bits per heavy atom. The van der Waals surface area contributed by atoms with E-state index in [-0.39, 0.29) is 18.1 Å². The van der Waals surface area contributed by atoms with Crippen molar-refractivity contribution in [2.24, 2.45) is 4.99 Å². The van der Waals surface area contributed by atoms with Crippen molar-refractivity contribution in [2.75, 3.05) is 14.2 Å². The van der Waals surface area contributed by atoms with Gasteiger partial charge in [-0.3, -0.25) is 4.79 Å². The van der Waals surface area contributed by atoms with Crippen LogP contribution in [-0.4, -0.2) is 24.7 Å². The Kier molecular flexibility index (Phi) is 5.37. The summed E-state index contributed by atoms with van der Waals surface area (Å²) in [7, 11) is 3.11. The van der Waals surface area contributed by atoms with Crippen LogP contribution in [0.3, 0.4) is 0 Å². The van der Waals surface area contributed by atoms with Crippen LogP contribution in [0.25, 0.3) is 10.2 Å². The van der Waals surface area contributed by atoms with E-state index >= 15 is 0 Å². The van der Waals surface area contributed by atoms with Gasteiger partial charge in [-0.25, -0.2) is 4.39 Å². The SMILES string of the molecule is CCn1c(=NC(=O)Cc2ccc(OC)c(OC)c2)sc2cc(F)ccc21. The zero-order valence-electron chi connectivity index (χ0n) is 14.8. The third-order valence-electron chi connectivity index (χ3n) is 3.98. The summed E-state index contributed by atoms with van der Waals surface area (Å²) in [6.45, 7) is 2.61. The Hall–Kier alpha value is -2.67. The Balaban J connectivity index is 1.93. The van der Waals surface area contributed by atoms with Gasteiger partial charge in [0, 0.05) is 6.54 Å². The molecular formula is C19H19FN2O3S. The molecule has 0 aliphatic heterocycles. The fourth-order valence-electron chi connectivity index (χ4n) is 2.75. The molecule has 0 radical (unpaired) electrons. The van der Waals surface area contributed by atoms with Crippen LogP contribution in [0.4, 0.5) is 4.39 Å². The number of hydrogen-bond donors (Lipinski definition) is 0. The smallest absolute Gasteiger partial charge is 0.252 e. The van der Waals surface area contributed by atoms with Crippen LogP contribution in [0, 0.1) is 5.82 Å². The second-order valence-corrected chi connectivity index (χ2v) is 6.62. The normalized spacial score (nSPS) is 11.8. The van der Waals surface area contributed by atoms with Crippen LogP contribution in [-0.2, 0) is 17.8 Å². The van der Waals surface area contributed by atoms with Crippen molar-refractivity contribution in [2.45, 2.75) is 19.9 Å². The average Bonchev–Trinajstić information content (AvgIpc) is 2.97. The van der Waals surface area contributed by atoms with Gasteiger partial charge in [-0.05, 0) is 42.8 Å². The van der Waals surface area contributed by atoms with Crippen molar-refractivity contribution < 1.29 is 18.7 Å². The first kappa shape index (κ1) is 18.1. The van der Waals surface area contributed by atoms with Gasteiger partial charge in [0.15, 0.2) is 16.3 Å². The van der Waals surface area contributed by atoms with E-state index in [1.807, 2.05) is 17.6 Å². The number of fused-ring (bicyclic) bond motifs is 1. The number of halogens is 1. The van der Waals surface area contributed by atoms with Gasteiger partial charge >= 0.3 is 0 Å². The Labute approximate surface area is 154 Å². The molecule has 2 aromatic carbocycles. The maximum atomic E-state index is 13.4. The number of nitrogens with zero attached hydrogens (tertiary/aromatic N) is 2. The molecule has 7 heteroatoms. The van der Waals surface area contributed by atoms with Gasteiger partial charge in [-0.15, -0.1) is 0 Å². The molecule has 0 unspecified atom stereocenters. The van der Waals surface area contributed by atoms with Gasteiger partial charge in [0.2, 0.25) is 0 Å². The van der Waals surface area contributed by atoms with Crippen LogP contribution >= 0.6 is 11.3 Å². The van der Waals surface area contributed by atoms with Crippen LogP contribution in [0.15, 0.2) is 41.4 Å². The summed E-state index contributed by atoms with van der Waals surface area (Å²) in [6, 6.07) is 9.92. The van der Waals surface area contributed by atoms with Crippen LogP contribution in [0.2, 0.25) is 0 Å². The highest BCUT2D eigenvalue weighted by Gasteiger charge is 2.10. The van der Waals surface area contributed by atoms with Gasteiger partial charge in [-0.1, -0.05) is 17.4 Å². The van der Waals surface area contributed by atoms with Crippen molar-refractivity contribution in [1.29, 1.82) is 0 Å². The van der Waals surface area contributed by atoms with Crippen molar-refractivity contribution >= 4 is 27.5 Å². The second kappa shape index (κ2) is 7.70. The summed E-state index contributed by atoms with van der Waals surface area (Å²) < 4.78 is 26.6. The van der Waals surface area contributed by atoms with Crippen LogP contribution < -0.4 is 14.3 Å². The zero-order valence-corrected chi connectivity index (χ0v) is 15.6. The number of thiazole rings is 1. The first-order valence-electron chi connectivity index (χ1n) is 8.13. The summed E-state index contributed by atoms with van der Waals surface area (Å²) in [5, 5.41) is 0. The van der Waals surface area contributed by atoms with E-state index in [0.29, 0.717) is 22.8 Å². The molecule has 1 aromatic heterocycles. The lowest BCUT2D eigenvalue weighted by Gasteiger charge is -2.08. The number of aryl methyl sites for hydroxylation is 1. The van der Waals surface area contributed by atoms with E-state index in [2.05, 4.69) is 4.99 Å². The molecule has 0 spiro atoms. The lowest BCUT2D eigenvalue weighted by atomic mass is 10.1. The largest absolute Gasteiger partial charge is 0.493 e. The highest BCUT2D eigenvalue weighted by molar-refractivity contribution is 7.16. The topological polar surface area (TPSA) is 52.8 Å². The molecule has 1 heterocycles. The number of ether oxygens (including phenoxy) is 2. The third-order valence-corrected chi connectivity index (χ3v) is 5.03. The number of aromatic nitrogens is 1. The zero-order chi connectivity index (χ0) is 18.7. The first-order valence-corrected chi connectivity index (χ1v) is 8.94. The lowest BCUT2D eigenvalue weighted by molar-refractivity contribution is -0.117. The summed E-state index contributed by atoms with van der Waals surface area (Å²) in [5.74, 6) is 0.603. The highest BCUT2D eigenvalue weighted by Crippen LogP contribution is 2.27. The Bertz CT molecular complexity index is 1020. The first-order chi connectivity index (χ1) is 12.5. The molecule has 3 rings (SSSR count). The van der Waals surface area contributed by atoms with Gasteiger partial charge in [-0.2, -0.15) is 4.99 Å². The summed E-state index contributed by atoms with van der Waals surface area (Å²) in [6.07, 6.45) is 0.146. The number of hydrogen-bond acceptors (Lipinski definition) is 4. The molecule has 0 N–H and O–H groups in total. The minimum absolute atomic E-state index is 0.146. The van der Waals surface area contributed by atoms with Gasteiger partial charge in [0.1, 0.15) is 5.82 Å². The predicted octanol–water partition coefficient (Wildman–Crippen LogP) is 3.55. The molecule has 0 aliphatic rings. The Morgan fingerprint density at radius 1 is 1.15 bits per heavy atom. The minimum atomic E-state index is -0.301. The maximum absolute atomic E-state index is 13.4. The minimum Gasteiger partial charge on any atom is -0.493 e. The molecule has 0 saturated carbocycles. The molecule has 0 fully saturated rings. The summed E-state index contributed by atoms with van der Waals surface area (Å²) >= 11 is 1.31. The van der Waals surface area contributed by atoms with Crippen LogP contribution in [0.1, 0.15) is 12.5 Å². The van der Waals surface area contributed by atoms with E-state index in [0.717, 1.165) is 15.8 Å². The van der Waals surface area contributed by atoms with Crippen molar-refractivity contribution in [1.82, 2.24) is 4.57 Å². The van der Waals surface area contributed by atoms with Crippen molar-refractivity contribution in [3.8, 4) is 11.5 Å². The fourth-order valence-corrected chi connectivity index (χ4v) is 3.89. The summed E-state index contributed by atoms with van der Waals surface area (Å²) in [5.41, 5.74) is 1.66. The van der Waals surface area contributed by atoms with E-state index in [1.165, 1.54) is 23.5 Å². The number of benzene rings is 2. The average molecular weight is 374 g/mol. The molecular weight excluding hydrogens is 355 g/mol. The molecule has 26 heavy (non-hydrogen) atoms. The molecule has 0 atom stereocenters. The molecule has 0 aliphatic carbocycles. The molecule has 5 nitrogen and oxygen atoms in total. The van der Waals surface area contributed by atoms with E-state index in [1.54, 1.807) is 32.4 Å². The predicted molar refractivity (Wildman–Crippen MR) is 99.3 cm³/mol. The summed E-state index contributed by atoms with van der Waals surface area (Å²) in [4.78, 5) is 17.2. The number of rotatable bonds is 5. The molecule has 0 saturated heterocycles. The fraction of sp³-hybridized carbons (Fsp3) is 0.263. The van der Waals surface area contributed by atoms with E-state index < -0.39 is 0 Å². The molecule has 136 valence electrons. The van der Waals surface area contributed by atoms with Crippen LogP contribution in [0.5, 0.6) is 11.5 Å². The number of amides is 1. The molecule has 1 amide bonds. The Morgan fingerprint density at radius 3 is 2.62 bits per heavy atom. The number of carbonyl (C=O) groups excluding carboxylic acids is 1. The van der Waals surface area contributed by atoms with Crippen molar-refractivity contribution in [3.63, 3.8) is 0 Å². The number of carbonyl (C=O) groups is 1. The second-order valence-electron chi connectivity index (χ2n) is 5.61.